The van der Waals surface area contributed by atoms with Crippen molar-refractivity contribution in [2.45, 2.75) is 13.0 Å². The highest BCUT2D eigenvalue weighted by Crippen LogP contribution is 2.43. The fraction of sp³-hybridized carbons (Fsp3) is 0.136. The number of rotatable bonds is 4. The van der Waals surface area contributed by atoms with Gasteiger partial charge in [0.2, 0.25) is 0 Å². The average Bonchev–Trinajstić information content (AvgIpc) is 3.30. The third kappa shape index (κ3) is 3.66. The number of aliphatic hydroxyl groups is 1. The zero-order chi connectivity index (χ0) is 22.3. The number of amides is 1. The second kappa shape index (κ2) is 8.09. The SMILES string of the molecule is COc1ccc(/C(O)=C2\C(=O)C(=O)N(c3cc(C)on3)[C@@H]2c2ccc(Cl)c(Cl)c2)cc1. The minimum Gasteiger partial charge on any atom is -0.507 e. The first-order chi connectivity index (χ1) is 14.8. The van der Waals surface area contributed by atoms with Gasteiger partial charge in [0.1, 0.15) is 17.3 Å². The summed E-state index contributed by atoms with van der Waals surface area (Å²) in [6.45, 7) is 1.67. The lowest BCUT2D eigenvalue weighted by atomic mass is 9.95. The van der Waals surface area contributed by atoms with Crippen LogP contribution in [0, 0.1) is 6.92 Å². The van der Waals surface area contributed by atoms with Crippen LogP contribution in [0.1, 0.15) is 22.9 Å². The van der Waals surface area contributed by atoms with E-state index in [-0.39, 0.29) is 22.2 Å². The van der Waals surface area contributed by atoms with Crippen molar-refractivity contribution >= 4 is 46.5 Å². The Morgan fingerprint density at radius 1 is 1.10 bits per heavy atom. The van der Waals surface area contributed by atoms with Crippen LogP contribution >= 0.6 is 23.2 Å². The first-order valence-corrected chi connectivity index (χ1v) is 9.91. The number of carbonyl (C=O) groups excluding carboxylic acids is 2. The van der Waals surface area contributed by atoms with Crippen LogP contribution < -0.4 is 9.64 Å². The zero-order valence-electron chi connectivity index (χ0n) is 16.4. The van der Waals surface area contributed by atoms with Crippen molar-refractivity contribution in [1.29, 1.82) is 0 Å². The van der Waals surface area contributed by atoms with Gasteiger partial charge in [-0.15, -0.1) is 0 Å². The van der Waals surface area contributed by atoms with Crippen molar-refractivity contribution in [1.82, 2.24) is 5.16 Å². The Balaban J connectivity index is 1.93. The minimum atomic E-state index is -0.985. The number of ketones is 1. The molecule has 2 heterocycles. The summed E-state index contributed by atoms with van der Waals surface area (Å²) in [4.78, 5) is 27.2. The molecular weight excluding hydrogens is 443 g/mol. The smallest absolute Gasteiger partial charge is 0.301 e. The Morgan fingerprint density at radius 2 is 1.81 bits per heavy atom. The molecule has 158 valence electrons. The molecule has 0 radical (unpaired) electrons. The van der Waals surface area contributed by atoms with Crippen molar-refractivity contribution < 1.29 is 24.0 Å². The number of hydrogen-bond donors (Lipinski definition) is 1. The molecule has 3 aromatic rings. The molecule has 9 heteroatoms. The standard InChI is InChI=1S/C22H16Cl2N2O5/c1-11-9-17(25-31-11)26-19(13-5-8-15(23)16(24)10-13)18(21(28)22(26)29)20(27)12-3-6-14(30-2)7-4-12/h3-10,19,27H,1-2H3/b20-18+/t19-/m1/s1. The van der Waals surface area contributed by atoms with Gasteiger partial charge < -0.3 is 14.4 Å². The van der Waals surface area contributed by atoms with E-state index in [1.807, 2.05) is 0 Å². The lowest BCUT2D eigenvalue weighted by molar-refractivity contribution is -0.132. The van der Waals surface area contributed by atoms with Crippen LogP contribution in [0.4, 0.5) is 5.82 Å². The number of carbonyl (C=O) groups is 2. The number of aliphatic hydroxyl groups excluding tert-OH is 1. The average molecular weight is 459 g/mol. The van der Waals surface area contributed by atoms with E-state index < -0.39 is 17.7 Å². The first-order valence-electron chi connectivity index (χ1n) is 9.15. The molecule has 2 aromatic carbocycles. The van der Waals surface area contributed by atoms with Gasteiger partial charge in [0.15, 0.2) is 5.82 Å². The van der Waals surface area contributed by atoms with E-state index in [0.29, 0.717) is 27.7 Å². The van der Waals surface area contributed by atoms with E-state index in [0.717, 1.165) is 0 Å². The highest BCUT2D eigenvalue weighted by Gasteiger charge is 2.48. The van der Waals surface area contributed by atoms with Gasteiger partial charge in [0.05, 0.1) is 28.8 Å². The molecule has 4 rings (SSSR count). The van der Waals surface area contributed by atoms with Crippen LogP contribution in [-0.4, -0.2) is 29.1 Å². The number of benzene rings is 2. The summed E-state index contributed by atoms with van der Waals surface area (Å²) in [5.41, 5.74) is 0.721. The van der Waals surface area contributed by atoms with E-state index in [2.05, 4.69) is 5.16 Å². The summed E-state index contributed by atoms with van der Waals surface area (Å²) < 4.78 is 10.2. The zero-order valence-corrected chi connectivity index (χ0v) is 17.9. The largest absolute Gasteiger partial charge is 0.507 e. The normalized spacial score (nSPS) is 17.9. The Labute approximate surface area is 187 Å². The molecule has 1 N–H and O–H groups in total. The molecule has 1 aromatic heterocycles. The Bertz CT molecular complexity index is 1220. The van der Waals surface area contributed by atoms with Crippen molar-refractivity contribution in [2.24, 2.45) is 0 Å². The molecule has 1 aliphatic rings. The molecule has 0 bridgehead atoms. The maximum atomic E-state index is 13.0. The van der Waals surface area contributed by atoms with Crippen LogP contribution in [0.3, 0.4) is 0 Å². The number of aromatic nitrogens is 1. The topological polar surface area (TPSA) is 92.9 Å². The van der Waals surface area contributed by atoms with E-state index in [4.69, 9.17) is 32.5 Å². The fourth-order valence-electron chi connectivity index (χ4n) is 3.44. The maximum absolute atomic E-state index is 13.0. The van der Waals surface area contributed by atoms with Gasteiger partial charge in [-0.05, 0) is 48.9 Å². The first kappa shape index (κ1) is 21.0. The van der Waals surface area contributed by atoms with Crippen molar-refractivity contribution in [3.05, 3.63) is 81.0 Å². The number of methoxy groups -OCH3 is 1. The van der Waals surface area contributed by atoms with Gasteiger partial charge in [-0.2, -0.15) is 0 Å². The van der Waals surface area contributed by atoms with Gasteiger partial charge in [-0.1, -0.05) is 34.4 Å². The minimum absolute atomic E-state index is 0.103. The van der Waals surface area contributed by atoms with Crippen molar-refractivity contribution in [2.75, 3.05) is 12.0 Å². The third-order valence-electron chi connectivity index (χ3n) is 4.93. The van der Waals surface area contributed by atoms with Crippen molar-refractivity contribution in [3.8, 4) is 5.75 Å². The number of anilines is 1. The van der Waals surface area contributed by atoms with Gasteiger partial charge in [0.25, 0.3) is 5.78 Å². The van der Waals surface area contributed by atoms with Gasteiger partial charge in [-0.25, -0.2) is 0 Å². The third-order valence-corrected chi connectivity index (χ3v) is 5.67. The molecule has 31 heavy (non-hydrogen) atoms. The maximum Gasteiger partial charge on any atom is 0.301 e. The fourth-order valence-corrected chi connectivity index (χ4v) is 3.74. The number of aryl methyl sites for hydroxylation is 1. The summed E-state index contributed by atoms with van der Waals surface area (Å²) in [7, 11) is 1.52. The number of Topliss-reactive ketones (excluding diaryl/α,β-unsaturated/α-hetero) is 1. The van der Waals surface area contributed by atoms with Crippen LogP contribution in [0.25, 0.3) is 5.76 Å². The van der Waals surface area contributed by atoms with E-state index in [1.54, 1.807) is 49.4 Å². The molecule has 1 aliphatic heterocycles. The quantitative estimate of drug-likeness (QED) is 0.338. The molecule has 1 fully saturated rings. The molecule has 1 saturated heterocycles. The number of hydrogen-bond acceptors (Lipinski definition) is 6. The summed E-state index contributed by atoms with van der Waals surface area (Å²) in [6, 6.07) is 11.7. The Kier molecular flexibility index (Phi) is 5.47. The summed E-state index contributed by atoms with van der Waals surface area (Å²) in [5, 5.41) is 15.5. The van der Waals surface area contributed by atoms with E-state index in [9.17, 15) is 14.7 Å². The monoisotopic (exact) mass is 458 g/mol. The van der Waals surface area contributed by atoms with Crippen LogP contribution in [0.5, 0.6) is 5.75 Å². The highest BCUT2D eigenvalue weighted by molar-refractivity contribution is 6.51. The Hall–Kier alpha value is -3.29. The van der Waals surface area contributed by atoms with Gasteiger partial charge in [-0.3, -0.25) is 14.5 Å². The predicted octanol–water partition coefficient (Wildman–Crippen LogP) is 4.92. The van der Waals surface area contributed by atoms with Crippen LogP contribution in [0.2, 0.25) is 10.0 Å². The molecule has 7 nitrogen and oxygen atoms in total. The summed E-state index contributed by atoms with van der Waals surface area (Å²) >= 11 is 12.2. The lowest BCUT2D eigenvalue weighted by Gasteiger charge is -2.23. The van der Waals surface area contributed by atoms with Crippen LogP contribution in [-0.2, 0) is 9.59 Å². The number of halogens is 2. The second-order valence-electron chi connectivity index (χ2n) is 6.87. The molecule has 0 unspecified atom stereocenters. The molecule has 0 saturated carbocycles. The summed E-state index contributed by atoms with van der Waals surface area (Å²) in [6.07, 6.45) is 0. The lowest BCUT2D eigenvalue weighted by Crippen LogP contribution is -2.29. The number of nitrogens with zero attached hydrogens (tertiary/aromatic N) is 2. The molecule has 0 spiro atoms. The molecular formula is C22H16Cl2N2O5. The van der Waals surface area contributed by atoms with E-state index >= 15 is 0 Å². The van der Waals surface area contributed by atoms with Gasteiger partial charge >= 0.3 is 5.91 Å². The second-order valence-corrected chi connectivity index (χ2v) is 7.68. The molecule has 0 aliphatic carbocycles. The summed E-state index contributed by atoms with van der Waals surface area (Å²) in [5.74, 6) is -0.857. The predicted molar refractivity (Wildman–Crippen MR) is 115 cm³/mol. The molecule has 1 amide bonds. The van der Waals surface area contributed by atoms with Crippen LogP contribution in [0.15, 0.2) is 58.6 Å². The highest BCUT2D eigenvalue weighted by atomic mass is 35.5. The van der Waals surface area contributed by atoms with Crippen molar-refractivity contribution in [3.63, 3.8) is 0 Å². The Morgan fingerprint density at radius 3 is 2.39 bits per heavy atom. The number of ether oxygens (including phenoxy) is 1. The molecule has 1 atom stereocenters. The van der Waals surface area contributed by atoms with Gasteiger partial charge in [0, 0.05) is 11.6 Å². The van der Waals surface area contributed by atoms with E-state index in [1.165, 1.54) is 18.1 Å².